The third kappa shape index (κ3) is 3.30. The number of ether oxygens (including phenoxy) is 1. The van der Waals surface area contributed by atoms with Crippen molar-refractivity contribution in [2.45, 2.75) is 0 Å². The van der Waals surface area contributed by atoms with Gasteiger partial charge in [0, 0.05) is 17.3 Å². The van der Waals surface area contributed by atoms with Crippen LogP contribution in [0.15, 0.2) is 42.5 Å². The molecule has 0 heterocycles. The van der Waals surface area contributed by atoms with E-state index in [9.17, 15) is 9.59 Å². The number of hydrogen-bond acceptors (Lipinski definition) is 4. The van der Waals surface area contributed by atoms with Gasteiger partial charge in [-0.15, -0.1) is 0 Å². The zero-order valence-electron chi connectivity index (χ0n) is 11.4. The summed E-state index contributed by atoms with van der Waals surface area (Å²) in [5.74, 6) is -0.548. The van der Waals surface area contributed by atoms with Crippen LogP contribution in [-0.2, 0) is 0 Å². The number of carbonyl (C=O) groups excluding carboxylic acids is 2. The first-order valence-corrected chi connectivity index (χ1v) is 6.16. The van der Waals surface area contributed by atoms with Gasteiger partial charge in [0.2, 0.25) is 0 Å². The summed E-state index contributed by atoms with van der Waals surface area (Å²) in [5, 5.41) is 2.64. The lowest BCUT2D eigenvalue weighted by Crippen LogP contribution is -2.18. The van der Waals surface area contributed by atoms with Gasteiger partial charge < -0.3 is 21.5 Å². The van der Waals surface area contributed by atoms with Gasteiger partial charge in [0.25, 0.3) is 11.8 Å². The molecule has 0 aliphatic heterocycles. The predicted octanol–water partition coefficient (Wildman–Crippen LogP) is 1.63. The van der Waals surface area contributed by atoms with Crippen LogP contribution in [0.2, 0.25) is 0 Å². The second-order valence-corrected chi connectivity index (χ2v) is 4.36. The molecule has 2 rings (SSSR count). The number of hydrogen-bond donors (Lipinski definition) is 3. The summed E-state index contributed by atoms with van der Waals surface area (Å²) in [6, 6.07) is 11.2. The number of anilines is 2. The molecular formula is C15H15N3O3. The van der Waals surface area contributed by atoms with Crippen LogP contribution in [0, 0.1) is 0 Å². The number of nitrogen functional groups attached to an aromatic ring is 1. The van der Waals surface area contributed by atoms with Crippen LogP contribution in [0.1, 0.15) is 20.7 Å². The van der Waals surface area contributed by atoms with Crippen LogP contribution in [0.4, 0.5) is 11.4 Å². The fourth-order valence-corrected chi connectivity index (χ4v) is 1.87. The quantitative estimate of drug-likeness (QED) is 0.742. The van der Waals surface area contributed by atoms with E-state index in [1.165, 1.54) is 19.2 Å². The molecule has 0 radical (unpaired) electrons. The van der Waals surface area contributed by atoms with Crippen LogP contribution in [0.25, 0.3) is 0 Å². The van der Waals surface area contributed by atoms with Gasteiger partial charge in [0.05, 0.1) is 18.4 Å². The van der Waals surface area contributed by atoms with Crippen LogP contribution in [-0.4, -0.2) is 18.9 Å². The molecular weight excluding hydrogens is 270 g/mol. The number of methoxy groups -OCH3 is 1. The summed E-state index contributed by atoms with van der Waals surface area (Å²) >= 11 is 0. The molecule has 0 spiro atoms. The van der Waals surface area contributed by atoms with Crippen molar-refractivity contribution in [2.75, 3.05) is 18.2 Å². The highest BCUT2D eigenvalue weighted by Gasteiger charge is 2.13. The highest BCUT2D eigenvalue weighted by molar-refractivity contribution is 6.09. The number of nitrogens with two attached hydrogens (primary N) is 2. The van der Waals surface area contributed by atoms with Crippen molar-refractivity contribution in [1.29, 1.82) is 0 Å². The molecule has 0 aliphatic rings. The number of para-hydroxylation sites is 1. The third-order valence-electron chi connectivity index (χ3n) is 2.87. The number of benzene rings is 2. The van der Waals surface area contributed by atoms with E-state index in [1.807, 2.05) is 0 Å². The molecule has 21 heavy (non-hydrogen) atoms. The number of carbonyl (C=O) groups is 2. The molecule has 2 amide bonds. The molecule has 6 heteroatoms. The molecule has 0 bridgehead atoms. The molecule has 108 valence electrons. The maximum atomic E-state index is 12.2. The van der Waals surface area contributed by atoms with Crippen molar-refractivity contribution >= 4 is 23.2 Å². The Bertz CT molecular complexity index is 698. The Balaban J connectivity index is 2.30. The average molecular weight is 285 g/mol. The van der Waals surface area contributed by atoms with Crippen molar-refractivity contribution < 1.29 is 14.3 Å². The number of primary amides is 1. The van der Waals surface area contributed by atoms with Crippen molar-refractivity contribution in [3.63, 3.8) is 0 Å². The monoisotopic (exact) mass is 285 g/mol. The molecule has 0 aromatic heterocycles. The topological polar surface area (TPSA) is 107 Å². The first kappa shape index (κ1) is 14.4. The minimum Gasteiger partial charge on any atom is -0.497 e. The normalized spacial score (nSPS) is 9.95. The highest BCUT2D eigenvalue weighted by atomic mass is 16.5. The third-order valence-corrected chi connectivity index (χ3v) is 2.87. The summed E-state index contributed by atoms with van der Waals surface area (Å²) in [6.07, 6.45) is 0. The second kappa shape index (κ2) is 5.96. The van der Waals surface area contributed by atoms with Gasteiger partial charge in [0.1, 0.15) is 5.75 Å². The average Bonchev–Trinajstić information content (AvgIpc) is 2.46. The maximum Gasteiger partial charge on any atom is 0.255 e. The van der Waals surface area contributed by atoms with Gasteiger partial charge in [0.15, 0.2) is 0 Å². The van der Waals surface area contributed by atoms with Crippen molar-refractivity contribution in [3.05, 3.63) is 53.6 Å². The Morgan fingerprint density at radius 2 is 1.86 bits per heavy atom. The van der Waals surface area contributed by atoms with E-state index in [4.69, 9.17) is 16.2 Å². The summed E-state index contributed by atoms with van der Waals surface area (Å²) < 4.78 is 5.06. The zero-order chi connectivity index (χ0) is 15.4. The van der Waals surface area contributed by atoms with Gasteiger partial charge in [-0.25, -0.2) is 0 Å². The summed E-state index contributed by atoms with van der Waals surface area (Å²) in [7, 11) is 1.48. The van der Waals surface area contributed by atoms with E-state index in [1.54, 1.807) is 30.3 Å². The fraction of sp³-hybridized carbons (Fsp3) is 0.0667. The standard InChI is InChI=1S/C15H15N3O3/c1-21-11-7-9(6-10(16)8-11)15(20)18-13-5-3-2-4-12(13)14(17)19/h2-8H,16H2,1H3,(H2,17,19)(H,18,20). The molecule has 0 atom stereocenters. The summed E-state index contributed by atoms with van der Waals surface area (Å²) in [4.78, 5) is 23.6. The molecule has 2 aromatic rings. The number of nitrogens with one attached hydrogen (secondary N) is 1. The van der Waals surface area contributed by atoms with Crippen molar-refractivity contribution in [2.24, 2.45) is 5.73 Å². The minimum atomic E-state index is -0.615. The van der Waals surface area contributed by atoms with E-state index in [-0.39, 0.29) is 5.56 Å². The van der Waals surface area contributed by atoms with Gasteiger partial charge in [-0.3, -0.25) is 9.59 Å². The molecule has 6 nitrogen and oxygen atoms in total. The predicted molar refractivity (Wildman–Crippen MR) is 80.3 cm³/mol. The van der Waals surface area contributed by atoms with E-state index in [0.717, 1.165) is 0 Å². The largest absolute Gasteiger partial charge is 0.497 e. The summed E-state index contributed by atoms with van der Waals surface area (Å²) in [5.41, 5.74) is 12.3. The Kier molecular flexibility index (Phi) is 4.08. The maximum absolute atomic E-state index is 12.2. The van der Waals surface area contributed by atoms with E-state index >= 15 is 0 Å². The number of rotatable bonds is 4. The van der Waals surface area contributed by atoms with Gasteiger partial charge in [-0.1, -0.05) is 12.1 Å². The van der Waals surface area contributed by atoms with Gasteiger partial charge in [-0.05, 0) is 24.3 Å². The molecule has 0 aliphatic carbocycles. The van der Waals surface area contributed by atoms with Crippen LogP contribution in [0.5, 0.6) is 5.75 Å². The highest BCUT2D eigenvalue weighted by Crippen LogP contribution is 2.21. The Labute approximate surface area is 121 Å². The minimum absolute atomic E-state index is 0.238. The van der Waals surface area contributed by atoms with Crippen LogP contribution in [0.3, 0.4) is 0 Å². The lowest BCUT2D eigenvalue weighted by atomic mass is 10.1. The zero-order valence-corrected chi connectivity index (χ0v) is 11.4. The van der Waals surface area contributed by atoms with Crippen LogP contribution < -0.4 is 21.5 Å². The van der Waals surface area contributed by atoms with E-state index < -0.39 is 11.8 Å². The molecule has 0 unspecified atom stereocenters. The van der Waals surface area contributed by atoms with E-state index in [2.05, 4.69) is 5.32 Å². The molecule has 0 saturated carbocycles. The first-order chi connectivity index (χ1) is 10.0. The van der Waals surface area contributed by atoms with Crippen molar-refractivity contribution in [1.82, 2.24) is 0 Å². The Morgan fingerprint density at radius 1 is 1.14 bits per heavy atom. The summed E-state index contributed by atoms with van der Waals surface area (Å²) in [6.45, 7) is 0. The first-order valence-electron chi connectivity index (χ1n) is 6.16. The van der Waals surface area contributed by atoms with Gasteiger partial charge in [-0.2, -0.15) is 0 Å². The smallest absolute Gasteiger partial charge is 0.255 e. The number of amides is 2. The lowest BCUT2D eigenvalue weighted by molar-refractivity contribution is 0.100. The molecule has 5 N–H and O–H groups in total. The molecule has 2 aromatic carbocycles. The Morgan fingerprint density at radius 3 is 2.52 bits per heavy atom. The van der Waals surface area contributed by atoms with Crippen molar-refractivity contribution in [3.8, 4) is 5.75 Å². The van der Waals surface area contributed by atoms with Crippen LogP contribution >= 0.6 is 0 Å². The molecule has 0 fully saturated rings. The lowest BCUT2D eigenvalue weighted by Gasteiger charge is -2.10. The molecule has 0 saturated heterocycles. The Hall–Kier alpha value is -3.02. The van der Waals surface area contributed by atoms with E-state index in [0.29, 0.717) is 22.7 Å². The fourth-order valence-electron chi connectivity index (χ4n) is 1.87. The van der Waals surface area contributed by atoms with Gasteiger partial charge >= 0.3 is 0 Å². The second-order valence-electron chi connectivity index (χ2n) is 4.36. The SMILES string of the molecule is COc1cc(N)cc(C(=O)Nc2ccccc2C(N)=O)c1.